The van der Waals surface area contributed by atoms with E-state index in [2.05, 4.69) is 25.7 Å². The first-order chi connectivity index (χ1) is 14.6. The second-order valence-electron chi connectivity index (χ2n) is 7.27. The van der Waals surface area contributed by atoms with Crippen molar-refractivity contribution in [3.8, 4) is 5.69 Å². The highest BCUT2D eigenvalue weighted by Crippen LogP contribution is 2.32. The molecule has 4 rings (SSSR count). The van der Waals surface area contributed by atoms with Crippen LogP contribution in [-0.4, -0.2) is 38.7 Å². The van der Waals surface area contributed by atoms with Gasteiger partial charge in [-0.2, -0.15) is 36.7 Å². The Morgan fingerprint density at radius 2 is 1.84 bits per heavy atom. The average Bonchev–Trinajstić information content (AvgIpc) is 3.23. The van der Waals surface area contributed by atoms with Gasteiger partial charge in [0, 0.05) is 19.8 Å². The number of hydrogen-bond donors (Lipinski definition) is 2. The molecule has 2 N–H and O–H groups in total. The Kier molecular flexibility index (Phi) is 6.35. The summed E-state index contributed by atoms with van der Waals surface area (Å²) in [5, 5.41) is 9.54. The Morgan fingerprint density at radius 1 is 1.16 bits per heavy atom. The number of aromatic nitrogens is 4. The van der Waals surface area contributed by atoms with Crippen LogP contribution < -0.4 is 15.5 Å². The second-order valence-corrected chi connectivity index (χ2v) is 7.27. The number of benzene rings is 1. The van der Waals surface area contributed by atoms with Gasteiger partial charge in [-0.1, -0.05) is 12.1 Å². The summed E-state index contributed by atoms with van der Waals surface area (Å²) in [6.45, 7) is 4.00. The number of nitrogens with zero attached hydrogens (tertiary/aromatic N) is 5. The molecule has 2 aromatic heterocycles. The SMILES string of the molecule is Cc1nc(NCc2ccc(-n3ccc(C(F)(F)F)n3)cc2)nc2c1NC(=O)[C@H](C)N2C.S. The van der Waals surface area contributed by atoms with Gasteiger partial charge in [0.15, 0.2) is 11.5 Å². The molecule has 3 aromatic rings. The zero-order chi connectivity index (χ0) is 22.3. The number of amides is 1. The van der Waals surface area contributed by atoms with E-state index in [9.17, 15) is 18.0 Å². The third-order valence-corrected chi connectivity index (χ3v) is 5.14. The van der Waals surface area contributed by atoms with E-state index in [-0.39, 0.29) is 25.4 Å². The van der Waals surface area contributed by atoms with Crippen molar-refractivity contribution in [1.29, 1.82) is 0 Å². The Labute approximate surface area is 189 Å². The molecule has 12 heteroatoms. The van der Waals surface area contributed by atoms with Crippen LogP contribution in [0.3, 0.4) is 0 Å². The summed E-state index contributed by atoms with van der Waals surface area (Å²) >= 11 is 0. The zero-order valence-electron chi connectivity index (χ0n) is 17.5. The fourth-order valence-corrected chi connectivity index (χ4v) is 3.19. The molecule has 1 amide bonds. The third-order valence-electron chi connectivity index (χ3n) is 5.14. The van der Waals surface area contributed by atoms with E-state index in [4.69, 9.17) is 0 Å². The van der Waals surface area contributed by atoms with Gasteiger partial charge in [0.05, 0.1) is 11.4 Å². The summed E-state index contributed by atoms with van der Waals surface area (Å²) in [7, 11) is 1.80. The molecule has 32 heavy (non-hydrogen) atoms. The van der Waals surface area contributed by atoms with Crippen molar-refractivity contribution in [1.82, 2.24) is 19.7 Å². The fourth-order valence-electron chi connectivity index (χ4n) is 3.19. The van der Waals surface area contributed by atoms with Crippen LogP contribution in [0.5, 0.6) is 0 Å². The highest BCUT2D eigenvalue weighted by atomic mass is 32.1. The minimum absolute atomic E-state index is 0. The molecule has 0 unspecified atom stereocenters. The number of alkyl halides is 3. The van der Waals surface area contributed by atoms with Gasteiger partial charge in [0.25, 0.3) is 0 Å². The molecule has 0 spiro atoms. The smallest absolute Gasteiger partial charge is 0.350 e. The zero-order valence-corrected chi connectivity index (χ0v) is 18.5. The molecule has 8 nitrogen and oxygen atoms in total. The van der Waals surface area contributed by atoms with Crippen LogP contribution in [0.4, 0.5) is 30.6 Å². The van der Waals surface area contributed by atoms with E-state index in [1.165, 1.54) is 10.9 Å². The van der Waals surface area contributed by atoms with E-state index in [1.807, 2.05) is 0 Å². The summed E-state index contributed by atoms with van der Waals surface area (Å²) < 4.78 is 39.3. The van der Waals surface area contributed by atoms with Crippen molar-refractivity contribution >= 4 is 36.9 Å². The number of aryl methyl sites for hydroxylation is 1. The first kappa shape index (κ1) is 23.4. The van der Waals surface area contributed by atoms with Crippen molar-refractivity contribution in [2.75, 3.05) is 22.6 Å². The number of anilines is 3. The number of rotatable bonds is 4. The van der Waals surface area contributed by atoms with Crippen molar-refractivity contribution < 1.29 is 18.0 Å². The molecule has 1 aliphatic rings. The number of halogens is 3. The molecule has 3 heterocycles. The van der Waals surface area contributed by atoms with Crippen LogP contribution in [0.2, 0.25) is 0 Å². The van der Waals surface area contributed by atoms with Crippen LogP contribution in [-0.2, 0) is 17.5 Å². The number of carbonyl (C=O) groups is 1. The fraction of sp³-hybridized carbons (Fsp3) is 0.300. The normalized spacial score (nSPS) is 15.6. The van der Waals surface area contributed by atoms with Crippen molar-refractivity contribution in [3.63, 3.8) is 0 Å². The molecule has 1 aliphatic heterocycles. The highest BCUT2D eigenvalue weighted by Gasteiger charge is 2.33. The van der Waals surface area contributed by atoms with Crippen LogP contribution in [0, 0.1) is 6.92 Å². The van der Waals surface area contributed by atoms with Gasteiger partial charge in [-0.15, -0.1) is 0 Å². The summed E-state index contributed by atoms with van der Waals surface area (Å²) in [4.78, 5) is 22.7. The lowest BCUT2D eigenvalue weighted by Gasteiger charge is -2.32. The standard InChI is InChI=1S/C20H20F3N7O.H2S/c1-11-16-17(29(3)12(2)18(31)26-16)27-19(25-11)24-10-13-4-6-14(7-5-13)30-9-8-15(28-30)20(21,22)23;/h4-9,12H,10H2,1-3H3,(H,26,31)(H,24,25,27);1H2/t12-;/m0./s1. The molecule has 0 bridgehead atoms. The molecule has 1 atom stereocenters. The summed E-state index contributed by atoms with van der Waals surface area (Å²) in [6, 6.07) is 7.55. The topological polar surface area (TPSA) is 88.0 Å². The molecule has 170 valence electrons. The largest absolute Gasteiger partial charge is 0.435 e. The van der Waals surface area contributed by atoms with E-state index < -0.39 is 11.9 Å². The van der Waals surface area contributed by atoms with E-state index in [1.54, 1.807) is 50.1 Å². The van der Waals surface area contributed by atoms with Gasteiger partial charge in [-0.25, -0.2) is 9.67 Å². The quantitative estimate of drug-likeness (QED) is 0.613. The van der Waals surface area contributed by atoms with E-state index in [0.717, 1.165) is 11.6 Å². The van der Waals surface area contributed by atoms with Crippen LogP contribution in [0.15, 0.2) is 36.5 Å². The van der Waals surface area contributed by atoms with E-state index in [0.29, 0.717) is 35.4 Å². The van der Waals surface area contributed by atoms with Crippen LogP contribution in [0.1, 0.15) is 23.9 Å². The molecule has 0 fully saturated rings. The lowest BCUT2D eigenvalue weighted by molar-refractivity contribution is -0.141. The number of fused-ring (bicyclic) bond motifs is 1. The first-order valence-electron chi connectivity index (χ1n) is 9.52. The monoisotopic (exact) mass is 465 g/mol. The Hall–Kier alpha value is -3.28. The lowest BCUT2D eigenvalue weighted by atomic mass is 10.2. The predicted molar refractivity (Wildman–Crippen MR) is 120 cm³/mol. The predicted octanol–water partition coefficient (Wildman–Crippen LogP) is 3.49. The third kappa shape index (κ3) is 4.49. The maximum atomic E-state index is 12.7. The van der Waals surface area contributed by atoms with Crippen LogP contribution in [0.25, 0.3) is 5.69 Å². The van der Waals surface area contributed by atoms with Crippen molar-refractivity contribution in [2.45, 2.75) is 32.6 Å². The molecule has 0 aliphatic carbocycles. The summed E-state index contributed by atoms with van der Waals surface area (Å²) in [6.07, 6.45) is -3.20. The van der Waals surface area contributed by atoms with Gasteiger partial charge < -0.3 is 15.5 Å². The molecule has 0 radical (unpaired) electrons. The summed E-state index contributed by atoms with van der Waals surface area (Å²) in [5.74, 6) is 0.941. The maximum absolute atomic E-state index is 12.7. The first-order valence-corrected chi connectivity index (χ1v) is 9.52. The average molecular weight is 466 g/mol. The van der Waals surface area contributed by atoms with Gasteiger partial charge >= 0.3 is 6.18 Å². The molecule has 0 saturated heterocycles. The number of nitrogens with one attached hydrogen (secondary N) is 2. The Morgan fingerprint density at radius 3 is 2.47 bits per heavy atom. The van der Waals surface area contributed by atoms with E-state index >= 15 is 0 Å². The minimum Gasteiger partial charge on any atom is -0.350 e. The number of carbonyl (C=O) groups excluding carboxylic acids is 1. The minimum atomic E-state index is -4.48. The molecular formula is C20H22F3N7OS. The molecular weight excluding hydrogens is 443 g/mol. The molecule has 1 aromatic carbocycles. The van der Waals surface area contributed by atoms with Gasteiger partial charge in [0.1, 0.15) is 11.7 Å². The Balaban J connectivity index is 0.00000289. The van der Waals surface area contributed by atoms with Crippen molar-refractivity contribution in [3.05, 3.63) is 53.5 Å². The number of likely N-dealkylation sites (N-methyl/N-ethyl adjacent to an activating group) is 1. The second kappa shape index (κ2) is 8.69. The molecule has 0 saturated carbocycles. The Bertz CT molecular complexity index is 1130. The number of hydrogen-bond acceptors (Lipinski definition) is 6. The lowest BCUT2D eigenvalue weighted by Crippen LogP contribution is -2.44. The maximum Gasteiger partial charge on any atom is 0.435 e. The van der Waals surface area contributed by atoms with Gasteiger partial charge in [-0.05, 0) is 37.6 Å². The van der Waals surface area contributed by atoms with Gasteiger partial charge in [-0.3, -0.25) is 4.79 Å². The highest BCUT2D eigenvalue weighted by molar-refractivity contribution is 7.59. The van der Waals surface area contributed by atoms with Gasteiger partial charge in [0.2, 0.25) is 11.9 Å². The van der Waals surface area contributed by atoms with Crippen molar-refractivity contribution in [2.24, 2.45) is 0 Å². The van der Waals surface area contributed by atoms with Crippen LogP contribution >= 0.6 is 13.5 Å². The summed E-state index contributed by atoms with van der Waals surface area (Å²) in [5.41, 5.74) is 1.72.